The molecule has 2 N–H and O–H groups in total. The fourth-order valence-corrected chi connectivity index (χ4v) is 3.87. The predicted octanol–water partition coefficient (Wildman–Crippen LogP) is 5.25. The number of aryl methyl sites for hydroxylation is 1. The summed E-state index contributed by atoms with van der Waals surface area (Å²) in [5, 5.41) is 10.6. The van der Waals surface area contributed by atoms with E-state index in [4.69, 9.17) is 23.2 Å². The van der Waals surface area contributed by atoms with E-state index in [1.807, 2.05) is 37.3 Å². The summed E-state index contributed by atoms with van der Waals surface area (Å²) < 4.78 is 1.65. The molecule has 0 fully saturated rings. The van der Waals surface area contributed by atoms with Crippen LogP contribution < -0.4 is 10.6 Å². The second-order valence-corrected chi connectivity index (χ2v) is 9.14. The van der Waals surface area contributed by atoms with Crippen LogP contribution in [0, 0.1) is 6.92 Å². The lowest BCUT2D eigenvalue weighted by Crippen LogP contribution is -2.26. The van der Waals surface area contributed by atoms with Crippen LogP contribution in [0.1, 0.15) is 18.1 Å². The molecule has 0 aliphatic carbocycles. The molecule has 162 valence electrons. The molecular formula is C22H22Cl2N4O2S. The van der Waals surface area contributed by atoms with Crippen LogP contribution in [0.3, 0.4) is 0 Å². The maximum absolute atomic E-state index is 12.6. The number of thioether (sulfide) groups is 1. The van der Waals surface area contributed by atoms with Crippen molar-refractivity contribution in [2.24, 2.45) is 0 Å². The largest absolute Gasteiger partial charge is 0.325 e. The Kier molecular flexibility index (Phi) is 8.01. The molecule has 1 aromatic heterocycles. The highest BCUT2D eigenvalue weighted by Crippen LogP contribution is 2.23. The number of hydrogen-bond acceptors (Lipinski definition) is 4. The van der Waals surface area contributed by atoms with Crippen molar-refractivity contribution in [1.29, 1.82) is 0 Å². The first kappa shape index (κ1) is 23.2. The van der Waals surface area contributed by atoms with Gasteiger partial charge in [0.05, 0.1) is 23.7 Å². The second kappa shape index (κ2) is 10.7. The van der Waals surface area contributed by atoms with Gasteiger partial charge in [0.25, 0.3) is 0 Å². The van der Waals surface area contributed by atoms with Gasteiger partial charge in [-0.2, -0.15) is 5.10 Å². The Morgan fingerprint density at radius 1 is 1.10 bits per heavy atom. The van der Waals surface area contributed by atoms with Gasteiger partial charge in [0, 0.05) is 21.8 Å². The molecule has 0 radical (unpaired) electrons. The summed E-state index contributed by atoms with van der Waals surface area (Å²) in [6.07, 6.45) is 1.60. The van der Waals surface area contributed by atoms with E-state index in [1.54, 1.807) is 36.0 Å². The highest BCUT2D eigenvalue weighted by Gasteiger charge is 2.17. The molecule has 6 nitrogen and oxygen atoms in total. The van der Waals surface area contributed by atoms with E-state index < -0.39 is 5.25 Å². The maximum atomic E-state index is 12.6. The van der Waals surface area contributed by atoms with Crippen LogP contribution in [0.4, 0.5) is 11.5 Å². The minimum Gasteiger partial charge on any atom is -0.325 e. The first-order valence-corrected chi connectivity index (χ1v) is 11.4. The van der Waals surface area contributed by atoms with Crippen LogP contribution >= 0.6 is 35.0 Å². The Balaban J connectivity index is 1.52. The number of halogens is 2. The average molecular weight is 477 g/mol. The summed E-state index contributed by atoms with van der Waals surface area (Å²) in [6, 6.07) is 14.5. The monoisotopic (exact) mass is 476 g/mol. The molecule has 9 heteroatoms. The zero-order valence-corrected chi connectivity index (χ0v) is 19.4. The van der Waals surface area contributed by atoms with Crippen molar-refractivity contribution < 1.29 is 9.59 Å². The van der Waals surface area contributed by atoms with Gasteiger partial charge in [0.15, 0.2) is 0 Å². The topological polar surface area (TPSA) is 76.0 Å². The molecule has 3 rings (SSSR count). The minimum atomic E-state index is -0.425. The average Bonchev–Trinajstić information content (AvgIpc) is 3.16. The molecule has 0 spiro atoms. The van der Waals surface area contributed by atoms with E-state index in [2.05, 4.69) is 15.7 Å². The summed E-state index contributed by atoms with van der Waals surface area (Å²) >= 11 is 13.4. The highest BCUT2D eigenvalue weighted by molar-refractivity contribution is 8.01. The Labute approximate surface area is 195 Å². The number of aromatic nitrogens is 2. The lowest BCUT2D eigenvalue weighted by molar-refractivity contribution is -0.115. The van der Waals surface area contributed by atoms with Gasteiger partial charge in [-0.1, -0.05) is 47.0 Å². The van der Waals surface area contributed by atoms with Gasteiger partial charge >= 0.3 is 0 Å². The highest BCUT2D eigenvalue weighted by atomic mass is 35.5. The number of nitrogens with zero attached hydrogens (tertiary/aromatic N) is 2. The number of rotatable bonds is 8. The van der Waals surface area contributed by atoms with Crippen LogP contribution in [-0.4, -0.2) is 32.6 Å². The molecule has 0 bridgehead atoms. The van der Waals surface area contributed by atoms with Gasteiger partial charge < -0.3 is 10.6 Å². The molecule has 0 aliphatic heterocycles. The molecule has 0 saturated carbocycles. The third kappa shape index (κ3) is 6.75. The maximum Gasteiger partial charge on any atom is 0.238 e. The van der Waals surface area contributed by atoms with Crippen molar-refractivity contribution in [3.05, 3.63) is 75.9 Å². The Morgan fingerprint density at radius 2 is 1.84 bits per heavy atom. The first-order chi connectivity index (χ1) is 14.8. The molecule has 2 amide bonds. The zero-order chi connectivity index (χ0) is 22.4. The fraction of sp³-hybridized carbons (Fsp3) is 0.227. The summed E-state index contributed by atoms with van der Waals surface area (Å²) in [5.41, 5.74) is 2.69. The Hall–Kier alpha value is -2.48. The van der Waals surface area contributed by atoms with Gasteiger partial charge in [-0.15, -0.1) is 11.8 Å². The molecule has 1 atom stereocenters. The molecule has 1 heterocycles. The van der Waals surface area contributed by atoms with Crippen molar-refractivity contribution in [2.75, 3.05) is 16.4 Å². The van der Waals surface area contributed by atoms with Crippen molar-refractivity contribution in [3.8, 4) is 0 Å². The van der Waals surface area contributed by atoms with Crippen molar-refractivity contribution in [2.45, 2.75) is 25.6 Å². The molecule has 0 saturated heterocycles. The fourth-order valence-electron chi connectivity index (χ4n) is 2.71. The van der Waals surface area contributed by atoms with Crippen molar-refractivity contribution in [1.82, 2.24) is 9.78 Å². The van der Waals surface area contributed by atoms with E-state index in [0.717, 1.165) is 16.8 Å². The summed E-state index contributed by atoms with van der Waals surface area (Å²) in [6.45, 7) is 4.13. The predicted molar refractivity (Wildman–Crippen MR) is 128 cm³/mol. The van der Waals surface area contributed by atoms with Gasteiger partial charge in [-0.25, -0.2) is 4.68 Å². The third-order valence-corrected chi connectivity index (χ3v) is 6.20. The standard InChI is InChI=1S/C22H22Cl2N4O2S/c1-14-3-7-18(8-4-14)26-21(29)13-31-15(2)22(30)27-20-9-10-25-28(20)12-16-5-6-17(23)11-19(16)24/h3-11,15H,12-13H2,1-2H3,(H,26,29)(H,27,30). The SMILES string of the molecule is Cc1ccc(NC(=O)CSC(C)C(=O)Nc2ccnn2Cc2ccc(Cl)cc2Cl)cc1. The van der Waals surface area contributed by atoms with Gasteiger partial charge in [-0.05, 0) is 43.7 Å². The number of carbonyl (C=O) groups is 2. The van der Waals surface area contributed by atoms with Crippen LogP contribution in [0.2, 0.25) is 10.0 Å². The van der Waals surface area contributed by atoms with Crippen molar-refractivity contribution >= 4 is 58.3 Å². The number of nitrogens with one attached hydrogen (secondary N) is 2. The number of carbonyl (C=O) groups excluding carboxylic acids is 2. The van der Waals surface area contributed by atoms with E-state index in [-0.39, 0.29) is 17.6 Å². The molecule has 3 aromatic rings. The van der Waals surface area contributed by atoms with Gasteiger partial charge in [0.1, 0.15) is 5.82 Å². The number of benzene rings is 2. The lowest BCUT2D eigenvalue weighted by atomic mass is 10.2. The molecule has 2 aromatic carbocycles. The van der Waals surface area contributed by atoms with E-state index in [1.165, 1.54) is 11.8 Å². The lowest BCUT2D eigenvalue weighted by Gasteiger charge is -2.14. The number of amides is 2. The molecule has 31 heavy (non-hydrogen) atoms. The van der Waals surface area contributed by atoms with Gasteiger partial charge in [-0.3, -0.25) is 9.59 Å². The van der Waals surface area contributed by atoms with Gasteiger partial charge in [0.2, 0.25) is 11.8 Å². The smallest absolute Gasteiger partial charge is 0.238 e. The van der Waals surface area contributed by atoms with Crippen LogP contribution in [0.15, 0.2) is 54.7 Å². The van der Waals surface area contributed by atoms with Crippen LogP contribution in [0.25, 0.3) is 0 Å². The quantitative estimate of drug-likeness (QED) is 0.465. The number of hydrogen-bond donors (Lipinski definition) is 2. The van der Waals surface area contributed by atoms with E-state index >= 15 is 0 Å². The Bertz CT molecular complexity index is 1070. The first-order valence-electron chi connectivity index (χ1n) is 9.56. The van der Waals surface area contributed by atoms with E-state index in [9.17, 15) is 9.59 Å². The molecule has 0 aliphatic rings. The normalized spacial score (nSPS) is 11.7. The van der Waals surface area contributed by atoms with Crippen LogP contribution in [0.5, 0.6) is 0 Å². The number of anilines is 2. The molecule has 1 unspecified atom stereocenters. The van der Waals surface area contributed by atoms with Crippen LogP contribution in [-0.2, 0) is 16.1 Å². The summed E-state index contributed by atoms with van der Waals surface area (Å²) in [7, 11) is 0. The third-order valence-electron chi connectivity index (χ3n) is 4.47. The van der Waals surface area contributed by atoms with E-state index in [0.29, 0.717) is 22.4 Å². The second-order valence-electron chi connectivity index (χ2n) is 6.97. The zero-order valence-electron chi connectivity index (χ0n) is 17.1. The summed E-state index contributed by atoms with van der Waals surface area (Å²) in [4.78, 5) is 24.7. The molecular weight excluding hydrogens is 455 g/mol. The van der Waals surface area contributed by atoms with Crippen molar-refractivity contribution in [3.63, 3.8) is 0 Å². The summed E-state index contributed by atoms with van der Waals surface area (Å²) in [5.74, 6) is 0.350. The minimum absolute atomic E-state index is 0.157. The Morgan fingerprint density at radius 3 is 2.55 bits per heavy atom.